The summed E-state index contributed by atoms with van der Waals surface area (Å²) in [5.41, 5.74) is 1.10. The molecule has 1 atom stereocenters. The van der Waals surface area contributed by atoms with Gasteiger partial charge in [0.15, 0.2) is 0 Å². The summed E-state index contributed by atoms with van der Waals surface area (Å²) in [5, 5.41) is 0. The second kappa shape index (κ2) is 6.01. The van der Waals surface area contributed by atoms with E-state index < -0.39 is 0 Å². The van der Waals surface area contributed by atoms with Gasteiger partial charge in [-0.1, -0.05) is 32.1 Å². The lowest BCUT2D eigenvalue weighted by Crippen LogP contribution is -2.16. The van der Waals surface area contributed by atoms with E-state index in [1.54, 1.807) is 6.08 Å². The normalized spacial score (nSPS) is 13.0. The van der Waals surface area contributed by atoms with E-state index in [9.17, 15) is 0 Å². The van der Waals surface area contributed by atoms with E-state index in [1.165, 1.54) is 0 Å². The van der Waals surface area contributed by atoms with E-state index >= 15 is 0 Å². The van der Waals surface area contributed by atoms with Crippen LogP contribution < -0.4 is 0 Å². The zero-order valence-corrected chi connectivity index (χ0v) is 8.47. The first-order chi connectivity index (χ1) is 5.57. The Balaban J connectivity index is 3.86. The number of ether oxygens (including phenoxy) is 1. The van der Waals surface area contributed by atoms with Gasteiger partial charge in [-0.05, 0) is 19.3 Å². The molecular formula is C11H20O. The van der Waals surface area contributed by atoms with Crippen LogP contribution >= 0.6 is 0 Å². The molecule has 0 saturated heterocycles. The number of rotatable bonds is 6. The predicted octanol–water partition coefficient (Wildman–Crippen LogP) is 3.18. The second-order valence-corrected chi connectivity index (χ2v) is 3.59. The van der Waals surface area contributed by atoms with Gasteiger partial charge < -0.3 is 4.74 Å². The fourth-order valence-electron chi connectivity index (χ4n) is 1.02. The van der Waals surface area contributed by atoms with Crippen molar-refractivity contribution >= 4 is 0 Å². The molecule has 0 saturated carbocycles. The molecule has 0 aromatic heterocycles. The Kier molecular flexibility index (Phi) is 5.73. The van der Waals surface area contributed by atoms with Crippen LogP contribution in [0.5, 0.6) is 0 Å². The monoisotopic (exact) mass is 168 g/mol. The molecule has 0 fully saturated rings. The average Bonchev–Trinajstić information content (AvgIpc) is 1.96. The molecule has 0 heterocycles. The molecule has 0 aromatic carbocycles. The predicted molar refractivity (Wildman–Crippen MR) is 54.2 cm³/mol. The van der Waals surface area contributed by atoms with Gasteiger partial charge >= 0.3 is 0 Å². The number of hydrogen-bond donors (Lipinski definition) is 0. The van der Waals surface area contributed by atoms with E-state index in [4.69, 9.17) is 4.74 Å². The van der Waals surface area contributed by atoms with Gasteiger partial charge in [0.25, 0.3) is 0 Å². The third-order valence-corrected chi connectivity index (χ3v) is 1.65. The van der Waals surface area contributed by atoms with Crippen LogP contribution in [-0.4, -0.2) is 12.7 Å². The fourth-order valence-corrected chi connectivity index (χ4v) is 1.02. The van der Waals surface area contributed by atoms with Gasteiger partial charge in [-0.2, -0.15) is 0 Å². The minimum atomic E-state index is 0.197. The van der Waals surface area contributed by atoms with Crippen LogP contribution in [0.1, 0.15) is 27.2 Å². The minimum Gasteiger partial charge on any atom is -0.370 e. The molecule has 12 heavy (non-hydrogen) atoms. The molecule has 0 bridgehead atoms. The Bertz CT molecular complexity index is 147. The van der Waals surface area contributed by atoms with Crippen LogP contribution in [0.15, 0.2) is 24.8 Å². The summed E-state index contributed by atoms with van der Waals surface area (Å²) in [6, 6.07) is 0. The Hall–Kier alpha value is -0.560. The lowest BCUT2D eigenvalue weighted by Gasteiger charge is -2.18. The highest BCUT2D eigenvalue weighted by Gasteiger charge is 2.10. The van der Waals surface area contributed by atoms with Crippen molar-refractivity contribution in [3.8, 4) is 0 Å². The topological polar surface area (TPSA) is 9.23 Å². The zero-order valence-electron chi connectivity index (χ0n) is 8.47. The van der Waals surface area contributed by atoms with Gasteiger partial charge in [0.05, 0.1) is 12.7 Å². The van der Waals surface area contributed by atoms with Crippen molar-refractivity contribution in [3.05, 3.63) is 24.8 Å². The van der Waals surface area contributed by atoms with Gasteiger partial charge in [0.2, 0.25) is 0 Å². The van der Waals surface area contributed by atoms with E-state index in [1.807, 2.05) is 6.92 Å². The number of hydrogen-bond acceptors (Lipinski definition) is 1. The molecule has 1 heteroatoms. The van der Waals surface area contributed by atoms with Gasteiger partial charge in [-0.15, -0.1) is 6.58 Å². The Morgan fingerprint density at radius 2 is 2.08 bits per heavy atom. The van der Waals surface area contributed by atoms with Crippen molar-refractivity contribution in [1.29, 1.82) is 0 Å². The van der Waals surface area contributed by atoms with E-state index in [0.717, 1.165) is 12.0 Å². The molecule has 0 aliphatic carbocycles. The zero-order chi connectivity index (χ0) is 9.56. The van der Waals surface area contributed by atoms with E-state index in [2.05, 4.69) is 27.0 Å². The van der Waals surface area contributed by atoms with Gasteiger partial charge in [-0.3, -0.25) is 0 Å². The van der Waals surface area contributed by atoms with Crippen LogP contribution in [-0.2, 0) is 4.74 Å². The van der Waals surface area contributed by atoms with Crippen LogP contribution in [0.2, 0.25) is 0 Å². The second-order valence-electron chi connectivity index (χ2n) is 3.59. The van der Waals surface area contributed by atoms with Crippen LogP contribution in [0.4, 0.5) is 0 Å². The standard InChI is InChI=1S/C11H20O/c1-6-7-12-11(10(4)5)8-9(2)3/h6,9,11H,1,4,7-8H2,2-3,5H3/t11-/m1/s1. The summed E-state index contributed by atoms with van der Waals surface area (Å²) < 4.78 is 5.55. The van der Waals surface area contributed by atoms with Crippen LogP contribution in [0.3, 0.4) is 0 Å². The molecule has 0 rings (SSSR count). The van der Waals surface area contributed by atoms with Crippen molar-refractivity contribution in [2.45, 2.75) is 33.3 Å². The quantitative estimate of drug-likeness (QED) is 0.553. The molecule has 1 nitrogen and oxygen atoms in total. The summed E-state index contributed by atoms with van der Waals surface area (Å²) in [6.07, 6.45) is 3.02. The lowest BCUT2D eigenvalue weighted by atomic mass is 10.0. The molecular weight excluding hydrogens is 148 g/mol. The minimum absolute atomic E-state index is 0.197. The van der Waals surface area contributed by atoms with Crippen molar-refractivity contribution in [2.24, 2.45) is 5.92 Å². The summed E-state index contributed by atoms with van der Waals surface area (Å²) in [6.45, 7) is 14.5. The first-order valence-corrected chi connectivity index (χ1v) is 4.45. The third kappa shape index (κ3) is 5.14. The maximum atomic E-state index is 5.55. The summed E-state index contributed by atoms with van der Waals surface area (Å²) >= 11 is 0. The molecule has 0 aromatic rings. The largest absolute Gasteiger partial charge is 0.370 e. The maximum absolute atomic E-state index is 5.55. The van der Waals surface area contributed by atoms with Crippen molar-refractivity contribution in [2.75, 3.05) is 6.61 Å². The third-order valence-electron chi connectivity index (χ3n) is 1.65. The Morgan fingerprint density at radius 1 is 1.50 bits per heavy atom. The molecule has 0 radical (unpaired) electrons. The van der Waals surface area contributed by atoms with Crippen molar-refractivity contribution in [1.82, 2.24) is 0 Å². The Morgan fingerprint density at radius 3 is 2.42 bits per heavy atom. The SMILES string of the molecule is C=CCO[C@H](CC(C)C)C(=C)C. The lowest BCUT2D eigenvalue weighted by molar-refractivity contribution is 0.0851. The summed E-state index contributed by atoms with van der Waals surface area (Å²) in [4.78, 5) is 0. The molecule has 0 aliphatic heterocycles. The van der Waals surface area contributed by atoms with E-state index in [0.29, 0.717) is 12.5 Å². The van der Waals surface area contributed by atoms with Crippen molar-refractivity contribution < 1.29 is 4.74 Å². The van der Waals surface area contributed by atoms with Crippen LogP contribution in [0, 0.1) is 5.92 Å². The highest BCUT2D eigenvalue weighted by atomic mass is 16.5. The Labute approximate surface area is 76.1 Å². The van der Waals surface area contributed by atoms with Crippen LogP contribution in [0.25, 0.3) is 0 Å². The first-order valence-electron chi connectivity index (χ1n) is 4.45. The highest BCUT2D eigenvalue weighted by Crippen LogP contribution is 2.14. The smallest absolute Gasteiger partial charge is 0.0786 e. The molecule has 0 N–H and O–H groups in total. The summed E-state index contributed by atoms with van der Waals surface area (Å²) in [7, 11) is 0. The molecule has 70 valence electrons. The molecule has 0 spiro atoms. The molecule has 0 aliphatic rings. The first kappa shape index (κ1) is 11.4. The average molecular weight is 168 g/mol. The fraction of sp³-hybridized carbons (Fsp3) is 0.636. The molecule has 0 unspecified atom stereocenters. The van der Waals surface area contributed by atoms with Gasteiger partial charge in [0.1, 0.15) is 0 Å². The molecule has 0 amide bonds. The van der Waals surface area contributed by atoms with Gasteiger partial charge in [0, 0.05) is 0 Å². The maximum Gasteiger partial charge on any atom is 0.0786 e. The highest BCUT2D eigenvalue weighted by molar-refractivity contribution is 4.98. The van der Waals surface area contributed by atoms with Crippen molar-refractivity contribution in [3.63, 3.8) is 0 Å². The van der Waals surface area contributed by atoms with Gasteiger partial charge in [-0.25, -0.2) is 0 Å². The van der Waals surface area contributed by atoms with E-state index in [-0.39, 0.29) is 6.10 Å². The summed E-state index contributed by atoms with van der Waals surface area (Å²) in [5.74, 6) is 0.650.